The molecule has 4 amide bonds. The van der Waals surface area contributed by atoms with Crippen LogP contribution in [0, 0.1) is 18.8 Å². The number of likely N-dealkylation sites (tertiary alicyclic amines) is 2. The van der Waals surface area contributed by atoms with Gasteiger partial charge in [-0.3, -0.25) is 24.1 Å². The zero-order chi connectivity index (χ0) is 20.4. The topological polar surface area (TPSA) is 78.0 Å². The zero-order valence-electron chi connectivity index (χ0n) is 16.6. The maximum Gasteiger partial charge on any atom is 0.255 e. The van der Waals surface area contributed by atoms with E-state index in [-0.39, 0.29) is 30.2 Å². The van der Waals surface area contributed by atoms with E-state index in [0.717, 1.165) is 10.5 Å². The number of benzene rings is 1. The van der Waals surface area contributed by atoms with Gasteiger partial charge in [-0.05, 0) is 32.4 Å². The minimum atomic E-state index is -1.30. The Balaban J connectivity index is 1.89. The van der Waals surface area contributed by atoms with Crippen LogP contribution in [0.1, 0.15) is 36.2 Å². The highest BCUT2D eigenvalue weighted by Crippen LogP contribution is 2.53. The molecular formula is C21H25N3O4. The van der Waals surface area contributed by atoms with Crippen molar-refractivity contribution in [3.8, 4) is 0 Å². The number of hydrogen-bond acceptors (Lipinski definition) is 4. The molecule has 3 unspecified atom stereocenters. The fraction of sp³-hybridized carbons (Fsp3) is 0.524. The monoisotopic (exact) mass is 383 g/mol. The lowest BCUT2D eigenvalue weighted by Crippen LogP contribution is -2.69. The lowest BCUT2D eigenvalue weighted by atomic mass is 9.78. The molecule has 1 aromatic carbocycles. The molecule has 0 spiro atoms. The smallest absolute Gasteiger partial charge is 0.255 e. The number of carbonyl (C=O) groups excluding carboxylic acids is 4. The SMILES string of the molecule is CCN1CC2C3C(=O)N(C)C(=O)C3[C@](CC)(C1=O)N2C(=O)c1ccc(C)cc1. The molecule has 4 atom stereocenters. The summed E-state index contributed by atoms with van der Waals surface area (Å²) in [5.41, 5.74) is 0.197. The van der Waals surface area contributed by atoms with Gasteiger partial charge in [0, 0.05) is 25.7 Å². The van der Waals surface area contributed by atoms with E-state index in [1.54, 1.807) is 21.9 Å². The molecule has 3 aliphatic heterocycles. The molecule has 3 fully saturated rings. The summed E-state index contributed by atoms with van der Waals surface area (Å²) < 4.78 is 0. The van der Waals surface area contributed by atoms with Crippen molar-refractivity contribution in [3.63, 3.8) is 0 Å². The summed E-state index contributed by atoms with van der Waals surface area (Å²) in [6, 6.07) is 6.69. The maximum absolute atomic E-state index is 13.5. The van der Waals surface area contributed by atoms with Gasteiger partial charge in [0.15, 0.2) is 0 Å². The van der Waals surface area contributed by atoms with E-state index in [1.807, 2.05) is 32.9 Å². The highest BCUT2D eigenvalue weighted by molar-refractivity contribution is 6.13. The van der Waals surface area contributed by atoms with Crippen LogP contribution in [0.2, 0.25) is 0 Å². The molecule has 3 heterocycles. The summed E-state index contributed by atoms with van der Waals surface area (Å²) in [5.74, 6) is -2.62. The van der Waals surface area contributed by atoms with Crippen molar-refractivity contribution in [2.75, 3.05) is 20.1 Å². The third-order valence-electron chi connectivity index (χ3n) is 6.77. The van der Waals surface area contributed by atoms with Gasteiger partial charge in [-0.15, -0.1) is 0 Å². The van der Waals surface area contributed by atoms with Crippen LogP contribution in [-0.4, -0.2) is 70.0 Å². The number of amides is 4. The van der Waals surface area contributed by atoms with Gasteiger partial charge < -0.3 is 9.80 Å². The average molecular weight is 383 g/mol. The molecule has 7 heteroatoms. The average Bonchev–Trinajstić information content (AvgIpc) is 3.07. The number of piperazine rings is 1. The Kier molecular flexibility index (Phi) is 4.10. The number of nitrogens with zero attached hydrogens (tertiary/aromatic N) is 3. The van der Waals surface area contributed by atoms with Crippen molar-refractivity contribution in [1.29, 1.82) is 0 Å². The highest BCUT2D eigenvalue weighted by Gasteiger charge is 2.74. The Hall–Kier alpha value is -2.70. The molecule has 0 aliphatic carbocycles. The molecule has 0 saturated carbocycles. The van der Waals surface area contributed by atoms with Gasteiger partial charge in [-0.25, -0.2) is 0 Å². The van der Waals surface area contributed by atoms with Crippen LogP contribution >= 0.6 is 0 Å². The molecule has 3 aliphatic rings. The minimum Gasteiger partial charge on any atom is -0.339 e. The van der Waals surface area contributed by atoms with Crippen molar-refractivity contribution in [3.05, 3.63) is 35.4 Å². The number of carbonyl (C=O) groups is 4. The van der Waals surface area contributed by atoms with Crippen LogP contribution in [0.15, 0.2) is 24.3 Å². The summed E-state index contributed by atoms with van der Waals surface area (Å²) in [7, 11) is 1.47. The molecule has 0 radical (unpaired) electrons. The number of aryl methyl sites for hydroxylation is 1. The first-order valence-corrected chi connectivity index (χ1v) is 9.80. The second kappa shape index (κ2) is 6.15. The van der Waals surface area contributed by atoms with E-state index < -0.39 is 23.4 Å². The van der Waals surface area contributed by atoms with E-state index >= 15 is 0 Å². The van der Waals surface area contributed by atoms with Gasteiger partial charge in [0.05, 0.1) is 17.9 Å². The third-order valence-corrected chi connectivity index (χ3v) is 6.77. The Morgan fingerprint density at radius 3 is 2.32 bits per heavy atom. The number of fused-ring (bicyclic) bond motifs is 5. The Morgan fingerprint density at radius 1 is 1.11 bits per heavy atom. The fourth-order valence-electron chi connectivity index (χ4n) is 5.33. The molecule has 28 heavy (non-hydrogen) atoms. The number of hydrogen-bond donors (Lipinski definition) is 0. The molecule has 2 bridgehead atoms. The van der Waals surface area contributed by atoms with Crippen LogP contribution in [0.25, 0.3) is 0 Å². The minimum absolute atomic E-state index is 0.224. The van der Waals surface area contributed by atoms with E-state index in [2.05, 4.69) is 0 Å². The maximum atomic E-state index is 13.5. The molecule has 148 valence electrons. The number of likely N-dealkylation sites (N-methyl/N-ethyl adjacent to an activating group) is 1. The standard InChI is InChI=1S/C21H25N3O4/c1-5-21-16-15(18(26)22(4)19(16)27)14(11-23(6-2)20(21)28)24(21)17(25)13-9-7-12(3)8-10-13/h7-10,14-16H,5-6,11H2,1-4H3/t14?,15?,16?,21-/m1/s1. The van der Waals surface area contributed by atoms with Crippen LogP contribution in [0.4, 0.5) is 0 Å². The van der Waals surface area contributed by atoms with Crippen molar-refractivity contribution >= 4 is 23.6 Å². The van der Waals surface area contributed by atoms with Gasteiger partial charge in [0.1, 0.15) is 5.54 Å². The first-order valence-electron chi connectivity index (χ1n) is 9.80. The van der Waals surface area contributed by atoms with Crippen LogP contribution in [0.3, 0.4) is 0 Å². The van der Waals surface area contributed by atoms with Crippen LogP contribution in [-0.2, 0) is 14.4 Å². The van der Waals surface area contributed by atoms with Crippen molar-refractivity contribution in [2.24, 2.45) is 11.8 Å². The van der Waals surface area contributed by atoms with Crippen molar-refractivity contribution in [2.45, 2.75) is 38.8 Å². The summed E-state index contributed by atoms with van der Waals surface area (Å²) in [5, 5.41) is 0. The zero-order valence-corrected chi connectivity index (χ0v) is 16.6. The molecule has 4 rings (SSSR count). The van der Waals surface area contributed by atoms with Crippen LogP contribution < -0.4 is 0 Å². The van der Waals surface area contributed by atoms with E-state index in [9.17, 15) is 19.2 Å². The summed E-state index contributed by atoms with van der Waals surface area (Å²) >= 11 is 0. The number of rotatable bonds is 3. The third kappa shape index (κ3) is 2.10. The van der Waals surface area contributed by atoms with Crippen LogP contribution in [0.5, 0.6) is 0 Å². The summed E-state index contributed by atoms with van der Waals surface area (Å²) in [6.07, 6.45) is 0.296. The van der Waals surface area contributed by atoms with E-state index in [1.165, 1.54) is 7.05 Å². The Labute approximate surface area is 164 Å². The van der Waals surface area contributed by atoms with Crippen molar-refractivity contribution in [1.82, 2.24) is 14.7 Å². The second-order valence-corrected chi connectivity index (χ2v) is 7.97. The largest absolute Gasteiger partial charge is 0.339 e. The van der Waals surface area contributed by atoms with E-state index in [0.29, 0.717) is 18.5 Å². The molecule has 7 nitrogen and oxygen atoms in total. The van der Waals surface area contributed by atoms with Gasteiger partial charge in [-0.1, -0.05) is 24.6 Å². The van der Waals surface area contributed by atoms with Crippen molar-refractivity contribution < 1.29 is 19.2 Å². The second-order valence-electron chi connectivity index (χ2n) is 7.97. The molecule has 0 N–H and O–H groups in total. The van der Waals surface area contributed by atoms with Gasteiger partial charge in [0.25, 0.3) is 5.91 Å². The fourth-order valence-corrected chi connectivity index (χ4v) is 5.33. The lowest BCUT2D eigenvalue weighted by molar-refractivity contribution is -0.156. The first-order chi connectivity index (χ1) is 13.3. The first kappa shape index (κ1) is 18.7. The lowest BCUT2D eigenvalue weighted by Gasteiger charge is -2.49. The molecule has 1 aromatic rings. The predicted molar refractivity (Wildman–Crippen MR) is 101 cm³/mol. The Bertz CT molecular complexity index is 880. The van der Waals surface area contributed by atoms with Gasteiger partial charge in [0.2, 0.25) is 17.7 Å². The molecular weight excluding hydrogens is 358 g/mol. The van der Waals surface area contributed by atoms with Gasteiger partial charge >= 0.3 is 0 Å². The van der Waals surface area contributed by atoms with Gasteiger partial charge in [-0.2, -0.15) is 0 Å². The quantitative estimate of drug-likeness (QED) is 0.732. The summed E-state index contributed by atoms with van der Waals surface area (Å²) in [6.45, 7) is 6.41. The normalized spacial score (nSPS) is 31.6. The molecule has 3 saturated heterocycles. The Morgan fingerprint density at radius 2 is 1.75 bits per heavy atom. The molecule has 0 aromatic heterocycles. The van der Waals surface area contributed by atoms with E-state index in [4.69, 9.17) is 0 Å². The highest BCUT2D eigenvalue weighted by atomic mass is 16.2. The summed E-state index contributed by atoms with van der Waals surface area (Å²) in [4.78, 5) is 57.3. The number of imide groups is 1. The predicted octanol–water partition coefficient (Wildman–Crippen LogP) is 1.06.